The molecule has 10 nitrogen and oxygen atoms in total. The fourth-order valence-electron chi connectivity index (χ4n) is 5.53. The van der Waals surface area contributed by atoms with Crippen molar-refractivity contribution in [3.8, 4) is 0 Å². The molecule has 206 valence electrons. The minimum absolute atomic E-state index is 0.00502. The number of fused-ring (bicyclic) bond motifs is 1. The molecule has 5 rings (SSSR count). The molecule has 0 spiro atoms. The van der Waals surface area contributed by atoms with E-state index in [1.165, 1.54) is 4.90 Å². The van der Waals surface area contributed by atoms with E-state index in [0.29, 0.717) is 36.3 Å². The van der Waals surface area contributed by atoms with Crippen LogP contribution in [0.25, 0.3) is 0 Å². The lowest BCUT2D eigenvalue weighted by Gasteiger charge is -2.32. The average Bonchev–Trinajstić information content (AvgIpc) is 3.23. The van der Waals surface area contributed by atoms with E-state index in [2.05, 4.69) is 25.8 Å². The standard InChI is InChI=1S/C28H33FN6O4/c1-16(2)31-22-7-10-30-13-20(22)26(37)32-18-8-11-34(12-9-18)14-17-3-4-19-21(25(17)29)15-35(28(19)39)23-5-6-24(36)33-27(23)38/h3-4,7,10,13,16,18,23H,5-6,8-9,11-12,14-15H2,1-2H3,(H,30,31)(H,32,37)(H,33,36,38). The van der Waals surface area contributed by atoms with Crippen molar-refractivity contribution in [3.05, 3.63) is 58.7 Å². The van der Waals surface area contributed by atoms with Gasteiger partial charge in [0.15, 0.2) is 0 Å². The first kappa shape index (κ1) is 26.7. The number of likely N-dealkylation sites (tertiary alicyclic amines) is 1. The molecule has 1 unspecified atom stereocenters. The number of carbonyl (C=O) groups is 4. The molecular formula is C28H33FN6O4. The molecule has 3 aliphatic heterocycles. The van der Waals surface area contributed by atoms with Crippen LogP contribution in [0.3, 0.4) is 0 Å². The van der Waals surface area contributed by atoms with Gasteiger partial charge in [0.25, 0.3) is 11.8 Å². The number of halogens is 1. The van der Waals surface area contributed by atoms with Crippen LogP contribution in [0.4, 0.5) is 10.1 Å². The maximum Gasteiger partial charge on any atom is 0.255 e. The summed E-state index contributed by atoms with van der Waals surface area (Å²) in [6.45, 7) is 5.79. The molecule has 4 amide bonds. The van der Waals surface area contributed by atoms with Gasteiger partial charge in [0, 0.05) is 67.2 Å². The van der Waals surface area contributed by atoms with Crippen molar-refractivity contribution >= 4 is 29.3 Å². The number of nitrogens with zero attached hydrogens (tertiary/aromatic N) is 3. The fraction of sp³-hybridized carbons (Fsp3) is 0.464. The van der Waals surface area contributed by atoms with Crippen LogP contribution in [0.2, 0.25) is 0 Å². The normalized spacial score (nSPS) is 20.3. The largest absolute Gasteiger partial charge is 0.382 e. The zero-order chi connectivity index (χ0) is 27.7. The molecule has 1 atom stereocenters. The van der Waals surface area contributed by atoms with Gasteiger partial charge in [-0.1, -0.05) is 6.07 Å². The third kappa shape index (κ3) is 5.63. The number of benzene rings is 1. The van der Waals surface area contributed by atoms with Crippen molar-refractivity contribution in [1.82, 2.24) is 25.4 Å². The molecule has 2 fully saturated rings. The van der Waals surface area contributed by atoms with E-state index in [4.69, 9.17) is 0 Å². The van der Waals surface area contributed by atoms with Gasteiger partial charge < -0.3 is 15.5 Å². The minimum atomic E-state index is -0.774. The van der Waals surface area contributed by atoms with Gasteiger partial charge in [0.05, 0.1) is 17.8 Å². The first-order valence-electron chi connectivity index (χ1n) is 13.4. The molecule has 4 heterocycles. The molecule has 1 aromatic carbocycles. The van der Waals surface area contributed by atoms with Crippen LogP contribution in [-0.2, 0) is 22.7 Å². The fourth-order valence-corrected chi connectivity index (χ4v) is 5.53. The van der Waals surface area contributed by atoms with Gasteiger partial charge in [-0.15, -0.1) is 0 Å². The Hall–Kier alpha value is -3.86. The zero-order valence-corrected chi connectivity index (χ0v) is 22.1. The second kappa shape index (κ2) is 11.1. The number of anilines is 1. The van der Waals surface area contributed by atoms with E-state index in [0.717, 1.165) is 18.5 Å². The Labute approximate surface area is 226 Å². The summed E-state index contributed by atoms with van der Waals surface area (Å²) in [5, 5.41) is 8.65. The van der Waals surface area contributed by atoms with E-state index >= 15 is 4.39 Å². The highest BCUT2D eigenvalue weighted by molar-refractivity contribution is 6.05. The summed E-state index contributed by atoms with van der Waals surface area (Å²) in [7, 11) is 0. The van der Waals surface area contributed by atoms with Crippen molar-refractivity contribution < 1.29 is 23.6 Å². The summed E-state index contributed by atoms with van der Waals surface area (Å²) < 4.78 is 15.5. The maximum atomic E-state index is 15.5. The number of aromatic nitrogens is 1. The molecule has 1 aromatic heterocycles. The maximum absolute atomic E-state index is 15.5. The van der Waals surface area contributed by atoms with E-state index in [9.17, 15) is 19.2 Å². The predicted octanol–water partition coefficient (Wildman–Crippen LogP) is 2.20. The van der Waals surface area contributed by atoms with Crippen LogP contribution in [0.15, 0.2) is 30.6 Å². The Kier molecular flexibility index (Phi) is 7.60. The average molecular weight is 537 g/mol. The summed E-state index contributed by atoms with van der Waals surface area (Å²) >= 11 is 0. The third-order valence-corrected chi connectivity index (χ3v) is 7.56. The molecule has 39 heavy (non-hydrogen) atoms. The summed E-state index contributed by atoms with van der Waals surface area (Å²) in [5.74, 6) is -1.85. The summed E-state index contributed by atoms with van der Waals surface area (Å²) in [4.78, 5) is 57.2. The Morgan fingerprint density at radius 2 is 1.92 bits per heavy atom. The quantitative estimate of drug-likeness (QED) is 0.464. The van der Waals surface area contributed by atoms with Crippen molar-refractivity contribution in [1.29, 1.82) is 0 Å². The van der Waals surface area contributed by atoms with Crippen molar-refractivity contribution in [2.45, 2.75) is 70.7 Å². The Morgan fingerprint density at radius 3 is 2.64 bits per heavy atom. The second-order valence-electron chi connectivity index (χ2n) is 10.7. The molecule has 3 aliphatic rings. The Bertz CT molecular complexity index is 1310. The number of imide groups is 1. The highest BCUT2D eigenvalue weighted by Crippen LogP contribution is 2.31. The topological polar surface area (TPSA) is 124 Å². The number of carbonyl (C=O) groups excluding carboxylic acids is 4. The summed E-state index contributed by atoms with van der Waals surface area (Å²) in [5.41, 5.74) is 2.32. The number of nitrogens with one attached hydrogen (secondary N) is 3. The SMILES string of the molecule is CC(C)Nc1ccncc1C(=O)NC1CCN(Cc2ccc3c(c2F)CN(C2CCC(=O)NC2=O)C3=O)CC1. The number of rotatable bonds is 7. The van der Waals surface area contributed by atoms with Crippen molar-refractivity contribution in [2.24, 2.45) is 0 Å². The Balaban J connectivity index is 1.18. The summed E-state index contributed by atoms with van der Waals surface area (Å²) in [6.07, 6.45) is 5.07. The molecule has 3 N–H and O–H groups in total. The lowest BCUT2D eigenvalue weighted by Crippen LogP contribution is -2.52. The van der Waals surface area contributed by atoms with Gasteiger partial charge in [0.1, 0.15) is 11.9 Å². The number of pyridine rings is 1. The summed E-state index contributed by atoms with van der Waals surface area (Å²) in [6, 6.07) is 4.47. The molecule has 0 bridgehead atoms. The molecule has 2 aromatic rings. The number of amides is 4. The highest BCUT2D eigenvalue weighted by Gasteiger charge is 2.40. The molecule has 0 saturated carbocycles. The molecule has 11 heteroatoms. The van der Waals surface area contributed by atoms with Crippen LogP contribution in [0.5, 0.6) is 0 Å². The predicted molar refractivity (Wildman–Crippen MR) is 141 cm³/mol. The van der Waals surface area contributed by atoms with Gasteiger partial charge in [0.2, 0.25) is 11.8 Å². The third-order valence-electron chi connectivity index (χ3n) is 7.56. The first-order valence-corrected chi connectivity index (χ1v) is 13.4. The van der Waals surface area contributed by atoms with Gasteiger partial charge in [-0.05, 0) is 45.2 Å². The number of hydrogen-bond donors (Lipinski definition) is 3. The minimum Gasteiger partial charge on any atom is -0.382 e. The molecule has 0 radical (unpaired) electrons. The van der Waals surface area contributed by atoms with Crippen LogP contribution < -0.4 is 16.0 Å². The van der Waals surface area contributed by atoms with Gasteiger partial charge in [-0.25, -0.2) is 4.39 Å². The number of piperidine rings is 2. The molecule has 0 aliphatic carbocycles. The van der Waals surface area contributed by atoms with E-state index in [1.54, 1.807) is 30.6 Å². The van der Waals surface area contributed by atoms with E-state index < -0.39 is 17.8 Å². The van der Waals surface area contributed by atoms with Crippen LogP contribution in [-0.4, -0.2) is 69.6 Å². The lowest BCUT2D eigenvalue weighted by atomic mass is 10.0. The van der Waals surface area contributed by atoms with E-state index in [-0.39, 0.29) is 54.8 Å². The molecule has 2 saturated heterocycles. The van der Waals surface area contributed by atoms with Crippen LogP contribution in [0.1, 0.15) is 71.4 Å². The first-order chi connectivity index (χ1) is 18.7. The van der Waals surface area contributed by atoms with Gasteiger partial charge in [-0.3, -0.25) is 34.4 Å². The highest BCUT2D eigenvalue weighted by atomic mass is 19.1. The van der Waals surface area contributed by atoms with Crippen LogP contribution >= 0.6 is 0 Å². The Morgan fingerprint density at radius 1 is 1.15 bits per heavy atom. The van der Waals surface area contributed by atoms with Crippen molar-refractivity contribution in [2.75, 3.05) is 18.4 Å². The molecular weight excluding hydrogens is 503 g/mol. The van der Waals surface area contributed by atoms with Gasteiger partial charge in [-0.2, -0.15) is 0 Å². The number of hydrogen-bond acceptors (Lipinski definition) is 7. The van der Waals surface area contributed by atoms with Gasteiger partial charge >= 0.3 is 0 Å². The zero-order valence-electron chi connectivity index (χ0n) is 22.1. The van der Waals surface area contributed by atoms with Crippen LogP contribution in [0, 0.1) is 5.82 Å². The van der Waals surface area contributed by atoms with Crippen molar-refractivity contribution in [3.63, 3.8) is 0 Å². The van der Waals surface area contributed by atoms with E-state index in [1.807, 2.05) is 13.8 Å². The monoisotopic (exact) mass is 536 g/mol. The smallest absolute Gasteiger partial charge is 0.255 e. The lowest BCUT2D eigenvalue weighted by molar-refractivity contribution is -0.136. The second-order valence-corrected chi connectivity index (χ2v) is 10.7.